The van der Waals surface area contributed by atoms with Crippen LogP contribution in [0.25, 0.3) is 0 Å². The first kappa shape index (κ1) is 19.5. The molecule has 1 aliphatic carbocycles. The van der Waals surface area contributed by atoms with Crippen LogP contribution in [0.15, 0.2) is 54.6 Å². The van der Waals surface area contributed by atoms with Gasteiger partial charge in [-0.15, -0.1) is 0 Å². The molecule has 2 aromatic carbocycles. The van der Waals surface area contributed by atoms with E-state index in [9.17, 15) is 19.7 Å². The van der Waals surface area contributed by atoms with Crippen LogP contribution in [-0.2, 0) is 30.0 Å². The lowest BCUT2D eigenvalue weighted by atomic mass is 9.52. The molecule has 2 fully saturated rings. The molecule has 29 heavy (non-hydrogen) atoms. The fourth-order valence-electron chi connectivity index (χ4n) is 4.57. The first-order valence-corrected chi connectivity index (χ1v) is 12.8. The molecule has 8 heteroatoms. The molecule has 1 saturated heterocycles. The Balaban J connectivity index is 1.94. The van der Waals surface area contributed by atoms with E-state index >= 15 is 0 Å². The maximum Gasteiger partial charge on any atom is 0.376 e. The molecule has 0 amide bonds. The molecular weight excluding hydrogens is 390 g/mol. The number of hydrogen-bond donors (Lipinski definition) is 0. The molecule has 3 atom stereocenters. The van der Waals surface area contributed by atoms with Crippen LogP contribution in [0.3, 0.4) is 0 Å². The van der Waals surface area contributed by atoms with Crippen molar-refractivity contribution in [1.29, 1.82) is 0 Å². The monoisotopic (exact) mass is 411 g/mol. The van der Waals surface area contributed by atoms with E-state index in [2.05, 4.69) is 0 Å². The zero-order valence-corrected chi connectivity index (χ0v) is 17.4. The second-order valence-corrected chi connectivity index (χ2v) is 12.9. The summed E-state index contributed by atoms with van der Waals surface area (Å²) in [5.41, 5.74) is -1.09. The molecule has 0 bridgehead atoms. The number of nitrogens with zero attached hydrogens (tertiary/aromatic N) is 1. The predicted octanol–water partition coefficient (Wildman–Crippen LogP) is 3.68. The van der Waals surface area contributed by atoms with Gasteiger partial charge in [0.05, 0.1) is 10.8 Å². The van der Waals surface area contributed by atoms with E-state index in [1.807, 2.05) is 50.0 Å². The lowest BCUT2D eigenvalue weighted by molar-refractivity contribution is -0.384. The molecular formula is C21H21NO6Si. The summed E-state index contributed by atoms with van der Waals surface area (Å²) in [6.45, 7) is 6.10. The Morgan fingerprint density at radius 2 is 1.66 bits per heavy atom. The summed E-state index contributed by atoms with van der Waals surface area (Å²) in [7, 11) is -2.17. The van der Waals surface area contributed by atoms with E-state index < -0.39 is 42.1 Å². The summed E-state index contributed by atoms with van der Waals surface area (Å²) in [6.07, 6.45) is 0.322. The number of rotatable bonds is 5. The van der Waals surface area contributed by atoms with Gasteiger partial charge in [-0.2, -0.15) is 0 Å². The first-order chi connectivity index (χ1) is 13.6. The number of nitro benzene ring substituents is 1. The van der Waals surface area contributed by atoms with E-state index in [-0.39, 0.29) is 5.69 Å². The molecule has 1 aliphatic heterocycles. The van der Waals surface area contributed by atoms with Gasteiger partial charge in [-0.25, -0.2) is 4.79 Å². The van der Waals surface area contributed by atoms with Crippen LogP contribution < -0.4 is 0 Å². The van der Waals surface area contributed by atoms with E-state index in [1.54, 1.807) is 12.1 Å². The summed E-state index contributed by atoms with van der Waals surface area (Å²) in [6, 6.07) is 15.3. The van der Waals surface area contributed by atoms with Crippen LogP contribution in [-0.4, -0.2) is 25.0 Å². The van der Waals surface area contributed by atoms with Crippen molar-refractivity contribution in [1.82, 2.24) is 0 Å². The summed E-state index contributed by atoms with van der Waals surface area (Å²) in [4.78, 5) is 35.5. The number of carbonyl (C=O) groups excluding carboxylic acids is 2. The molecule has 7 nitrogen and oxygen atoms in total. The molecule has 0 unspecified atom stereocenters. The smallest absolute Gasteiger partial charge is 0.376 e. The van der Waals surface area contributed by atoms with Crippen molar-refractivity contribution in [2.45, 2.75) is 37.3 Å². The third-order valence-electron chi connectivity index (χ3n) is 5.58. The van der Waals surface area contributed by atoms with Crippen LogP contribution >= 0.6 is 0 Å². The van der Waals surface area contributed by atoms with Gasteiger partial charge in [0.15, 0.2) is 13.9 Å². The van der Waals surface area contributed by atoms with Gasteiger partial charge >= 0.3 is 5.97 Å². The minimum atomic E-state index is -2.17. The number of Topliss-reactive ketones (excluding diaryl/α,β-unsaturated/α-hetero) is 1. The number of benzene rings is 2. The van der Waals surface area contributed by atoms with Gasteiger partial charge in [0, 0.05) is 17.7 Å². The number of non-ortho nitro benzene ring substituents is 1. The predicted molar refractivity (Wildman–Crippen MR) is 107 cm³/mol. The van der Waals surface area contributed by atoms with E-state index in [0.29, 0.717) is 12.0 Å². The fourth-order valence-corrected chi connectivity index (χ4v) is 5.96. The molecule has 0 spiro atoms. The van der Waals surface area contributed by atoms with Crippen molar-refractivity contribution in [2.75, 3.05) is 0 Å². The van der Waals surface area contributed by atoms with Gasteiger partial charge < -0.3 is 9.16 Å². The van der Waals surface area contributed by atoms with Crippen LogP contribution in [0.5, 0.6) is 0 Å². The Kier molecular flexibility index (Phi) is 4.25. The topological polar surface area (TPSA) is 95.7 Å². The summed E-state index contributed by atoms with van der Waals surface area (Å²) in [5.74, 6) is -2.15. The lowest BCUT2D eigenvalue weighted by Crippen LogP contribution is -2.67. The van der Waals surface area contributed by atoms with Crippen molar-refractivity contribution in [3.05, 3.63) is 75.8 Å². The molecule has 0 aromatic heterocycles. The molecule has 1 saturated carbocycles. The SMILES string of the molecule is C[Si](C)(C)O[C@]1(c2ccccc2)C[C@@H]2C(=O)C(=O)O[C@@]21c1ccc([N+](=O)[O-])cc1. The molecule has 0 radical (unpaired) electrons. The second-order valence-electron chi connectivity index (χ2n) is 8.46. The number of esters is 1. The third kappa shape index (κ3) is 2.74. The summed E-state index contributed by atoms with van der Waals surface area (Å²) in [5, 5.41) is 11.1. The number of nitro groups is 1. The highest BCUT2D eigenvalue weighted by atomic mass is 28.4. The van der Waals surface area contributed by atoms with Gasteiger partial charge in [0.25, 0.3) is 5.69 Å². The fraction of sp³-hybridized carbons (Fsp3) is 0.333. The average Bonchev–Trinajstić information content (AvgIpc) is 2.88. The summed E-state index contributed by atoms with van der Waals surface area (Å²) < 4.78 is 12.5. The van der Waals surface area contributed by atoms with Gasteiger partial charge in [0.1, 0.15) is 5.60 Å². The van der Waals surface area contributed by atoms with Gasteiger partial charge in [-0.3, -0.25) is 14.9 Å². The van der Waals surface area contributed by atoms with Crippen molar-refractivity contribution >= 4 is 25.8 Å². The number of fused-ring (bicyclic) bond motifs is 1. The van der Waals surface area contributed by atoms with E-state index in [1.165, 1.54) is 12.1 Å². The van der Waals surface area contributed by atoms with Crippen molar-refractivity contribution < 1.29 is 23.7 Å². The molecule has 4 rings (SSSR count). The zero-order valence-electron chi connectivity index (χ0n) is 16.4. The Labute approximate surface area is 168 Å². The highest BCUT2D eigenvalue weighted by Crippen LogP contribution is 2.67. The van der Waals surface area contributed by atoms with Gasteiger partial charge in [0.2, 0.25) is 5.78 Å². The van der Waals surface area contributed by atoms with Crippen LogP contribution in [0, 0.1) is 16.0 Å². The van der Waals surface area contributed by atoms with Crippen LogP contribution in [0.4, 0.5) is 5.69 Å². The molecule has 150 valence electrons. The quantitative estimate of drug-likeness (QED) is 0.245. The maximum absolute atomic E-state index is 12.6. The Morgan fingerprint density at radius 1 is 1.03 bits per heavy atom. The highest BCUT2D eigenvalue weighted by molar-refractivity contribution is 6.69. The highest BCUT2D eigenvalue weighted by Gasteiger charge is 2.78. The normalized spacial score (nSPS) is 28.4. The number of ether oxygens (including phenoxy) is 1. The molecule has 2 aliphatic rings. The van der Waals surface area contributed by atoms with Crippen molar-refractivity contribution in [2.24, 2.45) is 5.92 Å². The van der Waals surface area contributed by atoms with Gasteiger partial charge in [-0.05, 0) is 43.8 Å². The van der Waals surface area contributed by atoms with Crippen molar-refractivity contribution in [3.8, 4) is 0 Å². The zero-order chi connectivity index (χ0) is 21.0. The third-order valence-corrected chi connectivity index (χ3v) is 6.54. The second kappa shape index (κ2) is 6.33. The lowest BCUT2D eigenvalue weighted by Gasteiger charge is -2.60. The van der Waals surface area contributed by atoms with Crippen LogP contribution in [0.2, 0.25) is 19.6 Å². The number of hydrogen-bond acceptors (Lipinski definition) is 6. The Bertz CT molecular complexity index is 1000. The summed E-state index contributed by atoms with van der Waals surface area (Å²) >= 11 is 0. The standard InChI is InChI=1S/C21H21NO6Si/c1-29(2,3)28-20(14-7-5-4-6-8-14)13-17-18(23)19(24)27-21(17,20)15-9-11-16(12-10-15)22(25)26/h4-12,17H,13H2,1-3H3/t17-,20+,21+/m1/s1. The molecule has 0 N–H and O–H groups in total. The minimum absolute atomic E-state index is 0.0758. The van der Waals surface area contributed by atoms with E-state index in [0.717, 1.165) is 5.56 Å². The van der Waals surface area contributed by atoms with Crippen LogP contribution in [0.1, 0.15) is 17.5 Å². The van der Waals surface area contributed by atoms with E-state index in [4.69, 9.17) is 9.16 Å². The number of ketones is 1. The van der Waals surface area contributed by atoms with Gasteiger partial charge in [-0.1, -0.05) is 30.3 Å². The van der Waals surface area contributed by atoms with Crippen molar-refractivity contribution in [3.63, 3.8) is 0 Å². The largest absolute Gasteiger partial charge is 0.444 e. The number of carbonyl (C=O) groups is 2. The average molecular weight is 411 g/mol. The first-order valence-electron chi connectivity index (χ1n) is 9.38. The maximum atomic E-state index is 12.6. The molecule has 2 aromatic rings. The molecule has 1 heterocycles. The Morgan fingerprint density at radius 3 is 2.17 bits per heavy atom. The minimum Gasteiger partial charge on any atom is -0.444 e. The Hall–Kier alpha value is -2.84.